The zero-order valence-electron chi connectivity index (χ0n) is 15.1. The molecule has 14 nitrogen and oxygen atoms in total. The molecule has 0 amide bonds. The second-order valence-corrected chi connectivity index (χ2v) is 4.99. The number of aliphatic hydroxyl groups is 10. The fourth-order valence-corrected chi connectivity index (χ4v) is 1.32. The van der Waals surface area contributed by atoms with Crippen molar-refractivity contribution < 1.29 is 152 Å². The summed E-state index contributed by atoms with van der Waals surface area (Å²) in [6, 6.07) is 0. The molecule has 0 heterocycles. The number of carbonyl (C=O) groups is 2. The first-order chi connectivity index (χ1) is 11.8. The summed E-state index contributed by atoms with van der Waals surface area (Å²) < 4.78 is 0. The minimum atomic E-state index is -2.31. The van der Waals surface area contributed by atoms with E-state index in [1.54, 1.807) is 0 Å². The Balaban J connectivity index is -0.000000192. The van der Waals surface area contributed by atoms with Crippen LogP contribution in [0.1, 0.15) is 0 Å². The second-order valence-electron chi connectivity index (χ2n) is 4.99. The standard InChI is InChI=1S/2C6H12O7.K.Na/c2*7-1-2(8)3(9)4(10)5(11)6(12)13;;/h2*2-5,7-11H,1H2,(H,12,13);;/q;;2*+1/p-2. The largest absolute Gasteiger partial charge is 1.00 e. The zero-order chi connectivity index (χ0) is 21.2. The van der Waals surface area contributed by atoms with E-state index in [2.05, 4.69) is 0 Å². The maximum Gasteiger partial charge on any atom is 1.00 e. The first-order valence-corrected chi connectivity index (χ1v) is 6.91. The number of rotatable bonds is 10. The van der Waals surface area contributed by atoms with Gasteiger partial charge in [-0.25, -0.2) is 0 Å². The zero-order valence-corrected chi connectivity index (χ0v) is 20.3. The van der Waals surface area contributed by atoms with E-state index in [1.165, 1.54) is 0 Å². The molecule has 0 aliphatic carbocycles. The molecular weight excluding hydrogens is 430 g/mol. The number of aliphatic hydroxyl groups excluding tert-OH is 10. The number of hydrogen-bond donors (Lipinski definition) is 10. The Morgan fingerprint density at radius 2 is 0.821 bits per heavy atom. The molecule has 10 N–H and O–H groups in total. The summed E-state index contributed by atoms with van der Waals surface area (Å²) in [5, 5.41) is 107. The van der Waals surface area contributed by atoms with E-state index in [9.17, 15) is 19.8 Å². The molecule has 0 radical (unpaired) electrons. The minimum Gasteiger partial charge on any atom is -0.547 e. The maximum absolute atomic E-state index is 9.98. The maximum atomic E-state index is 9.98. The van der Waals surface area contributed by atoms with Crippen LogP contribution < -0.4 is 91.2 Å². The third-order valence-corrected chi connectivity index (χ3v) is 2.99. The molecule has 8 unspecified atom stereocenters. The van der Waals surface area contributed by atoms with Gasteiger partial charge >= 0.3 is 80.9 Å². The van der Waals surface area contributed by atoms with Gasteiger partial charge in [0.25, 0.3) is 0 Å². The fraction of sp³-hybridized carbons (Fsp3) is 0.833. The summed E-state index contributed by atoms with van der Waals surface area (Å²) in [4.78, 5) is 20.0. The predicted molar refractivity (Wildman–Crippen MR) is 72.2 cm³/mol. The van der Waals surface area contributed by atoms with Crippen molar-refractivity contribution in [3.63, 3.8) is 0 Å². The molecule has 0 aromatic heterocycles. The number of hydrogen-bond acceptors (Lipinski definition) is 14. The quantitative estimate of drug-likeness (QED) is 0.138. The summed E-state index contributed by atoms with van der Waals surface area (Å²) in [6.45, 7) is -1.73. The summed E-state index contributed by atoms with van der Waals surface area (Å²) in [6.07, 6.45) is -16.2. The van der Waals surface area contributed by atoms with Crippen LogP contribution in [0.15, 0.2) is 0 Å². The van der Waals surface area contributed by atoms with Crippen molar-refractivity contribution in [2.75, 3.05) is 13.2 Å². The summed E-state index contributed by atoms with van der Waals surface area (Å²) in [5.74, 6) is -3.95. The number of aliphatic carboxylic acids is 2. The minimum absolute atomic E-state index is 0. The van der Waals surface area contributed by atoms with E-state index >= 15 is 0 Å². The van der Waals surface area contributed by atoms with Crippen molar-refractivity contribution in [2.24, 2.45) is 0 Å². The topological polar surface area (TPSA) is 283 Å². The Hall–Kier alpha value is 1.18. The van der Waals surface area contributed by atoms with E-state index < -0.39 is 74.0 Å². The summed E-state index contributed by atoms with van der Waals surface area (Å²) in [7, 11) is 0. The van der Waals surface area contributed by atoms with Crippen molar-refractivity contribution in [2.45, 2.75) is 48.8 Å². The SMILES string of the molecule is O=C([O-])C(O)C(O)C(O)C(O)CO.O=C([O-])C(O)C(O)C(O)C(O)CO.[K+].[Na+]. The molecule has 0 fully saturated rings. The van der Waals surface area contributed by atoms with Crippen LogP contribution >= 0.6 is 0 Å². The Bertz CT molecular complexity index is 391. The van der Waals surface area contributed by atoms with Crippen LogP contribution in [0.2, 0.25) is 0 Å². The van der Waals surface area contributed by atoms with Crippen molar-refractivity contribution in [3.05, 3.63) is 0 Å². The van der Waals surface area contributed by atoms with Crippen LogP contribution in [0.4, 0.5) is 0 Å². The second kappa shape index (κ2) is 18.9. The van der Waals surface area contributed by atoms with E-state index in [0.717, 1.165) is 0 Å². The van der Waals surface area contributed by atoms with Crippen LogP contribution in [0.25, 0.3) is 0 Å². The molecular formula is C12H22KNaO14. The van der Waals surface area contributed by atoms with Gasteiger partial charge in [-0.1, -0.05) is 0 Å². The first-order valence-electron chi connectivity index (χ1n) is 6.91. The van der Waals surface area contributed by atoms with Gasteiger partial charge in [-0.2, -0.15) is 0 Å². The molecule has 28 heavy (non-hydrogen) atoms. The van der Waals surface area contributed by atoms with Gasteiger partial charge in [-0.15, -0.1) is 0 Å². The number of carboxylic acids is 2. The molecule has 0 bridgehead atoms. The monoisotopic (exact) mass is 452 g/mol. The average molecular weight is 452 g/mol. The average Bonchev–Trinajstić information content (AvgIpc) is 2.62. The Kier molecular flexibility index (Phi) is 24.7. The molecule has 0 saturated heterocycles. The molecule has 0 aliphatic heterocycles. The molecule has 0 rings (SSSR count). The molecule has 0 aromatic carbocycles. The normalized spacial score (nSPS) is 18.9. The van der Waals surface area contributed by atoms with Crippen molar-refractivity contribution >= 4 is 11.9 Å². The first kappa shape index (κ1) is 36.5. The molecule has 0 aliphatic rings. The van der Waals surface area contributed by atoms with Crippen LogP contribution in [-0.4, -0.2) is 125 Å². The van der Waals surface area contributed by atoms with E-state index in [1.807, 2.05) is 0 Å². The van der Waals surface area contributed by atoms with Gasteiger partial charge < -0.3 is 70.9 Å². The van der Waals surface area contributed by atoms with Gasteiger partial charge in [-0.3, -0.25) is 0 Å². The van der Waals surface area contributed by atoms with Crippen molar-refractivity contribution in [1.82, 2.24) is 0 Å². The van der Waals surface area contributed by atoms with Gasteiger partial charge in [0.2, 0.25) is 0 Å². The third kappa shape index (κ3) is 13.5. The van der Waals surface area contributed by atoms with Gasteiger partial charge in [0.05, 0.1) is 25.2 Å². The van der Waals surface area contributed by atoms with Gasteiger partial charge in [0.1, 0.15) is 48.8 Å². The smallest absolute Gasteiger partial charge is 0.547 e. The van der Waals surface area contributed by atoms with Gasteiger partial charge in [0, 0.05) is 0 Å². The Morgan fingerprint density at radius 1 is 0.607 bits per heavy atom. The summed E-state index contributed by atoms with van der Waals surface area (Å²) >= 11 is 0. The predicted octanol–water partition coefficient (Wildman–Crippen LogP) is -15.6. The number of carbonyl (C=O) groups excluding carboxylic acids is 2. The van der Waals surface area contributed by atoms with Gasteiger partial charge in [-0.05, 0) is 0 Å². The van der Waals surface area contributed by atoms with Crippen molar-refractivity contribution in [1.29, 1.82) is 0 Å². The van der Waals surface area contributed by atoms with Crippen molar-refractivity contribution in [3.8, 4) is 0 Å². The van der Waals surface area contributed by atoms with E-state index in [4.69, 9.17) is 51.1 Å². The van der Waals surface area contributed by atoms with Crippen LogP contribution in [0.3, 0.4) is 0 Å². The molecule has 0 spiro atoms. The molecule has 0 aromatic rings. The van der Waals surface area contributed by atoms with E-state index in [0.29, 0.717) is 0 Å². The van der Waals surface area contributed by atoms with Crippen LogP contribution in [0, 0.1) is 0 Å². The molecule has 16 heteroatoms. The van der Waals surface area contributed by atoms with Gasteiger partial charge in [0.15, 0.2) is 0 Å². The third-order valence-electron chi connectivity index (χ3n) is 2.99. The molecule has 0 saturated carbocycles. The fourth-order valence-electron chi connectivity index (χ4n) is 1.32. The molecule has 8 atom stereocenters. The van der Waals surface area contributed by atoms with Crippen LogP contribution in [0.5, 0.6) is 0 Å². The van der Waals surface area contributed by atoms with Crippen LogP contribution in [-0.2, 0) is 9.59 Å². The molecule has 156 valence electrons. The number of carboxylic acid groups (broad SMARTS) is 2. The van der Waals surface area contributed by atoms with E-state index in [-0.39, 0.29) is 80.9 Å². The summed E-state index contributed by atoms with van der Waals surface area (Å²) in [5.41, 5.74) is 0. The Morgan fingerprint density at radius 3 is 0.964 bits per heavy atom. The Labute approximate surface area is 223 Å².